The number of pyridine rings is 2. The SMILES string of the molecule is Clc1ccc(-c2cnc(NN=C(c3ccccn3)c3ccccn3)s2)cc1Cl. The molecule has 28 heavy (non-hydrogen) atoms. The molecule has 0 radical (unpaired) electrons. The zero-order valence-electron chi connectivity index (χ0n) is 14.4. The van der Waals surface area contributed by atoms with Crippen molar-refractivity contribution in [1.29, 1.82) is 0 Å². The topological polar surface area (TPSA) is 63.1 Å². The molecule has 1 aromatic carbocycles. The van der Waals surface area contributed by atoms with Crippen LogP contribution in [-0.4, -0.2) is 20.7 Å². The molecule has 4 rings (SSSR count). The number of benzene rings is 1. The van der Waals surface area contributed by atoms with Gasteiger partial charge in [-0.15, -0.1) is 0 Å². The van der Waals surface area contributed by atoms with Gasteiger partial charge >= 0.3 is 0 Å². The van der Waals surface area contributed by atoms with Crippen molar-refractivity contribution in [3.8, 4) is 10.4 Å². The number of nitrogens with one attached hydrogen (secondary N) is 1. The highest BCUT2D eigenvalue weighted by Crippen LogP contribution is 2.33. The fraction of sp³-hybridized carbons (Fsp3) is 0. The summed E-state index contributed by atoms with van der Waals surface area (Å²) in [6, 6.07) is 16.8. The highest BCUT2D eigenvalue weighted by Gasteiger charge is 2.11. The minimum Gasteiger partial charge on any atom is -0.254 e. The van der Waals surface area contributed by atoms with Gasteiger partial charge in [-0.2, -0.15) is 5.10 Å². The predicted molar refractivity (Wildman–Crippen MR) is 115 cm³/mol. The molecular weight excluding hydrogens is 413 g/mol. The van der Waals surface area contributed by atoms with E-state index in [-0.39, 0.29) is 0 Å². The first-order chi connectivity index (χ1) is 13.7. The quantitative estimate of drug-likeness (QED) is 0.325. The smallest absolute Gasteiger partial charge is 0.203 e. The highest BCUT2D eigenvalue weighted by atomic mass is 35.5. The van der Waals surface area contributed by atoms with Gasteiger partial charge in [0.25, 0.3) is 0 Å². The second kappa shape index (κ2) is 8.48. The molecule has 0 fully saturated rings. The monoisotopic (exact) mass is 425 g/mol. The summed E-state index contributed by atoms with van der Waals surface area (Å²) in [5.74, 6) is 0. The lowest BCUT2D eigenvalue weighted by atomic mass is 10.1. The zero-order valence-corrected chi connectivity index (χ0v) is 16.7. The Morgan fingerprint density at radius 3 is 2.18 bits per heavy atom. The number of anilines is 1. The summed E-state index contributed by atoms with van der Waals surface area (Å²) in [5.41, 5.74) is 6.02. The fourth-order valence-electron chi connectivity index (χ4n) is 2.46. The van der Waals surface area contributed by atoms with E-state index in [2.05, 4.69) is 25.5 Å². The molecule has 8 heteroatoms. The summed E-state index contributed by atoms with van der Waals surface area (Å²) in [6.45, 7) is 0. The molecular formula is C20H13Cl2N5S. The third-order valence-corrected chi connectivity index (χ3v) is 5.48. The van der Waals surface area contributed by atoms with Crippen molar-refractivity contribution in [1.82, 2.24) is 15.0 Å². The van der Waals surface area contributed by atoms with Crippen LogP contribution in [0.2, 0.25) is 10.0 Å². The molecule has 0 spiro atoms. The van der Waals surface area contributed by atoms with Crippen LogP contribution in [0, 0.1) is 0 Å². The van der Waals surface area contributed by atoms with Gasteiger partial charge in [-0.05, 0) is 42.0 Å². The van der Waals surface area contributed by atoms with Crippen LogP contribution in [0.3, 0.4) is 0 Å². The molecule has 0 aliphatic carbocycles. The highest BCUT2D eigenvalue weighted by molar-refractivity contribution is 7.18. The molecule has 0 bridgehead atoms. The van der Waals surface area contributed by atoms with Gasteiger partial charge in [0, 0.05) is 18.6 Å². The predicted octanol–water partition coefficient (Wildman–Crippen LogP) is 5.77. The summed E-state index contributed by atoms with van der Waals surface area (Å²) < 4.78 is 0. The number of hydrazone groups is 1. The lowest BCUT2D eigenvalue weighted by molar-refractivity contribution is 1.20. The van der Waals surface area contributed by atoms with E-state index in [4.69, 9.17) is 23.2 Å². The molecule has 0 aliphatic heterocycles. The average molecular weight is 426 g/mol. The number of thiazole rings is 1. The van der Waals surface area contributed by atoms with Gasteiger partial charge < -0.3 is 0 Å². The van der Waals surface area contributed by atoms with Crippen molar-refractivity contribution in [2.45, 2.75) is 0 Å². The standard InChI is InChI=1S/C20H13Cl2N5S/c21-14-8-7-13(11-15(14)22)18-12-25-20(28-18)27-26-19(16-5-1-3-9-23-16)17-6-2-4-10-24-17/h1-12H,(H,25,27). The van der Waals surface area contributed by atoms with Crippen molar-refractivity contribution < 1.29 is 0 Å². The first-order valence-corrected chi connectivity index (χ1v) is 9.86. The molecule has 0 saturated heterocycles. The minimum atomic E-state index is 0.507. The molecule has 0 unspecified atom stereocenters. The van der Waals surface area contributed by atoms with Crippen LogP contribution in [0.15, 0.2) is 78.3 Å². The summed E-state index contributed by atoms with van der Waals surface area (Å²) >= 11 is 13.6. The third-order valence-electron chi connectivity index (χ3n) is 3.79. The van der Waals surface area contributed by atoms with Gasteiger partial charge in [0.2, 0.25) is 5.13 Å². The summed E-state index contributed by atoms with van der Waals surface area (Å²) in [4.78, 5) is 14.1. The summed E-state index contributed by atoms with van der Waals surface area (Å²) in [6.07, 6.45) is 5.21. The van der Waals surface area contributed by atoms with E-state index < -0.39 is 0 Å². The van der Waals surface area contributed by atoms with Crippen molar-refractivity contribution in [3.05, 3.63) is 94.6 Å². The van der Waals surface area contributed by atoms with E-state index in [1.165, 1.54) is 11.3 Å². The van der Waals surface area contributed by atoms with E-state index in [0.29, 0.717) is 20.9 Å². The molecule has 5 nitrogen and oxygen atoms in total. The molecule has 0 amide bonds. The number of hydrogen-bond acceptors (Lipinski definition) is 6. The molecule has 0 atom stereocenters. The molecule has 4 aromatic rings. The van der Waals surface area contributed by atoms with Crippen LogP contribution in [-0.2, 0) is 0 Å². The maximum atomic E-state index is 6.11. The van der Waals surface area contributed by atoms with Crippen molar-refractivity contribution in [2.24, 2.45) is 5.10 Å². The summed E-state index contributed by atoms with van der Waals surface area (Å²) in [5, 5.41) is 6.19. The number of aromatic nitrogens is 3. The Balaban J connectivity index is 1.62. The van der Waals surface area contributed by atoms with Gasteiger partial charge in [0.05, 0.1) is 26.3 Å². The number of hydrogen-bond donors (Lipinski definition) is 1. The first kappa shape index (κ1) is 18.6. The van der Waals surface area contributed by atoms with Gasteiger partial charge in [-0.25, -0.2) is 4.98 Å². The minimum absolute atomic E-state index is 0.507. The van der Waals surface area contributed by atoms with Gasteiger partial charge in [0.1, 0.15) is 5.71 Å². The van der Waals surface area contributed by atoms with Crippen molar-refractivity contribution >= 4 is 45.4 Å². The Bertz CT molecular complexity index is 1070. The molecule has 138 valence electrons. The second-order valence-corrected chi connectivity index (χ2v) is 7.51. The maximum absolute atomic E-state index is 6.11. The fourth-order valence-corrected chi connectivity index (χ4v) is 3.52. The number of halogens is 2. The Morgan fingerprint density at radius 1 is 0.857 bits per heavy atom. The van der Waals surface area contributed by atoms with Crippen molar-refractivity contribution in [3.63, 3.8) is 0 Å². The van der Waals surface area contributed by atoms with Crippen LogP contribution < -0.4 is 5.43 Å². The zero-order chi connectivity index (χ0) is 19.3. The van der Waals surface area contributed by atoms with Gasteiger partial charge in [-0.3, -0.25) is 15.4 Å². The Kier molecular flexibility index (Phi) is 5.62. The van der Waals surface area contributed by atoms with Gasteiger partial charge in [-0.1, -0.05) is 52.7 Å². The third kappa shape index (κ3) is 4.20. The van der Waals surface area contributed by atoms with E-state index in [9.17, 15) is 0 Å². The van der Waals surface area contributed by atoms with Crippen LogP contribution in [0.4, 0.5) is 5.13 Å². The maximum Gasteiger partial charge on any atom is 0.203 e. The first-order valence-electron chi connectivity index (χ1n) is 8.28. The number of nitrogens with zero attached hydrogens (tertiary/aromatic N) is 4. The lowest BCUT2D eigenvalue weighted by Gasteiger charge is -2.05. The Labute approximate surface area is 175 Å². The molecule has 3 heterocycles. The lowest BCUT2D eigenvalue weighted by Crippen LogP contribution is -2.10. The van der Waals surface area contributed by atoms with Gasteiger partial charge in [0.15, 0.2) is 0 Å². The molecule has 3 aromatic heterocycles. The van der Waals surface area contributed by atoms with Crippen LogP contribution in [0.25, 0.3) is 10.4 Å². The Morgan fingerprint density at radius 2 is 1.57 bits per heavy atom. The van der Waals surface area contributed by atoms with E-state index in [1.54, 1.807) is 24.7 Å². The Hall–Kier alpha value is -2.80. The average Bonchev–Trinajstić information content (AvgIpc) is 3.21. The largest absolute Gasteiger partial charge is 0.254 e. The van der Waals surface area contributed by atoms with E-state index >= 15 is 0 Å². The van der Waals surface area contributed by atoms with Crippen LogP contribution in [0.5, 0.6) is 0 Å². The normalized spacial score (nSPS) is 10.5. The van der Waals surface area contributed by atoms with Crippen molar-refractivity contribution in [2.75, 3.05) is 5.43 Å². The van der Waals surface area contributed by atoms with E-state index in [1.807, 2.05) is 48.5 Å². The van der Waals surface area contributed by atoms with E-state index in [0.717, 1.165) is 21.8 Å². The number of rotatable bonds is 5. The molecule has 1 N–H and O–H groups in total. The van der Waals surface area contributed by atoms with Crippen LogP contribution in [0.1, 0.15) is 11.4 Å². The summed E-state index contributed by atoms with van der Waals surface area (Å²) in [7, 11) is 0. The molecule has 0 aliphatic rings. The molecule has 0 saturated carbocycles. The van der Waals surface area contributed by atoms with Crippen LogP contribution >= 0.6 is 34.5 Å². The second-order valence-electron chi connectivity index (χ2n) is 5.66.